The molecule has 0 unspecified atom stereocenters. The van der Waals surface area contributed by atoms with E-state index in [1.807, 2.05) is 31.2 Å². The molecule has 1 aliphatic rings. The number of ether oxygens (including phenoxy) is 3. The highest BCUT2D eigenvalue weighted by atomic mass is 19.3. The molecule has 1 aliphatic heterocycles. The molecule has 2 aromatic rings. The number of hydrogen-bond donors (Lipinski definition) is 3. The molecule has 2 aromatic carbocycles. The molecule has 0 radical (unpaired) electrons. The minimum atomic E-state index is -2.96. The van der Waals surface area contributed by atoms with E-state index in [0.29, 0.717) is 36.0 Å². The highest BCUT2D eigenvalue weighted by Gasteiger charge is 2.20. The van der Waals surface area contributed by atoms with Crippen LogP contribution in [0.3, 0.4) is 0 Å². The smallest absolute Gasteiger partial charge is 0.387 e. The Morgan fingerprint density at radius 3 is 2.47 bits per heavy atom. The first-order valence-corrected chi connectivity index (χ1v) is 10.2. The average molecular weight is 448 g/mol. The van der Waals surface area contributed by atoms with Crippen LogP contribution in [0.15, 0.2) is 41.4 Å². The van der Waals surface area contributed by atoms with Crippen LogP contribution in [0.5, 0.6) is 17.2 Å². The maximum Gasteiger partial charge on any atom is 0.387 e. The predicted molar refractivity (Wildman–Crippen MR) is 116 cm³/mol. The normalized spacial score (nSPS) is 12.6. The number of nitrogens with one attached hydrogen (secondary N) is 3. The van der Waals surface area contributed by atoms with E-state index in [1.165, 1.54) is 6.07 Å². The van der Waals surface area contributed by atoms with Crippen LogP contribution in [-0.4, -0.2) is 32.3 Å². The summed E-state index contributed by atoms with van der Waals surface area (Å²) in [7, 11) is 1.61. The van der Waals surface area contributed by atoms with Gasteiger partial charge in [0, 0.05) is 43.9 Å². The Balaban J connectivity index is 1.56. The summed E-state index contributed by atoms with van der Waals surface area (Å²) in [5.74, 6) is 1.30. The highest BCUT2D eigenvalue weighted by Crippen LogP contribution is 2.38. The van der Waals surface area contributed by atoms with E-state index >= 15 is 0 Å². The van der Waals surface area contributed by atoms with Gasteiger partial charge < -0.3 is 30.2 Å². The zero-order valence-corrected chi connectivity index (χ0v) is 17.9. The van der Waals surface area contributed by atoms with Gasteiger partial charge in [-0.15, -0.1) is 0 Å². The lowest BCUT2D eigenvalue weighted by atomic mass is 10.1. The first-order chi connectivity index (χ1) is 15.5. The first kappa shape index (κ1) is 23.1. The second-order valence-electron chi connectivity index (χ2n) is 6.97. The molecule has 0 aliphatic carbocycles. The van der Waals surface area contributed by atoms with E-state index < -0.39 is 6.61 Å². The molecular formula is C22H26F2N4O4. The second kappa shape index (κ2) is 11.2. The first-order valence-electron chi connectivity index (χ1n) is 10.2. The average Bonchev–Trinajstić information content (AvgIpc) is 3.22. The van der Waals surface area contributed by atoms with Gasteiger partial charge in [-0.2, -0.15) is 8.78 Å². The molecular weight excluding hydrogens is 422 g/mol. The van der Waals surface area contributed by atoms with E-state index in [0.717, 1.165) is 17.7 Å². The number of fused-ring (bicyclic) bond motifs is 1. The van der Waals surface area contributed by atoms with E-state index in [2.05, 4.69) is 25.7 Å². The number of nitrogens with zero attached hydrogens (tertiary/aromatic N) is 1. The molecule has 3 N–H and O–H groups in total. The summed E-state index contributed by atoms with van der Waals surface area (Å²) in [6, 6.07) is 10.5. The van der Waals surface area contributed by atoms with Crippen LogP contribution in [0.1, 0.15) is 30.9 Å². The van der Waals surface area contributed by atoms with Crippen molar-refractivity contribution in [3.63, 3.8) is 0 Å². The third-order valence-corrected chi connectivity index (χ3v) is 4.62. The van der Waals surface area contributed by atoms with Gasteiger partial charge in [-0.25, -0.2) is 0 Å². The number of carbonyl (C=O) groups is 1. The van der Waals surface area contributed by atoms with Gasteiger partial charge >= 0.3 is 6.61 Å². The third kappa shape index (κ3) is 6.47. The monoisotopic (exact) mass is 448 g/mol. The van der Waals surface area contributed by atoms with Crippen LogP contribution in [0.25, 0.3) is 0 Å². The van der Waals surface area contributed by atoms with Crippen molar-refractivity contribution in [1.82, 2.24) is 10.6 Å². The molecule has 0 aromatic heterocycles. The molecule has 1 amide bonds. The van der Waals surface area contributed by atoms with Gasteiger partial charge in [0.25, 0.3) is 0 Å². The predicted octanol–water partition coefficient (Wildman–Crippen LogP) is 3.62. The van der Waals surface area contributed by atoms with Crippen LogP contribution in [-0.2, 0) is 17.9 Å². The Morgan fingerprint density at radius 2 is 1.81 bits per heavy atom. The van der Waals surface area contributed by atoms with Gasteiger partial charge in [0.05, 0.1) is 0 Å². The zero-order chi connectivity index (χ0) is 22.9. The van der Waals surface area contributed by atoms with E-state index in [4.69, 9.17) is 9.47 Å². The van der Waals surface area contributed by atoms with Crippen molar-refractivity contribution in [3.05, 3.63) is 47.5 Å². The minimum Gasteiger partial charge on any atom is -0.454 e. The fourth-order valence-electron chi connectivity index (χ4n) is 3.05. The largest absolute Gasteiger partial charge is 0.454 e. The van der Waals surface area contributed by atoms with E-state index in [9.17, 15) is 13.6 Å². The van der Waals surface area contributed by atoms with Crippen LogP contribution < -0.4 is 30.2 Å². The Morgan fingerprint density at radius 1 is 1.12 bits per heavy atom. The molecule has 0 saturated heterocycles. The quantitative estimate of drug-likeness (QED) is 0.401. The van der Waals surface area contributed by atoms with Crippen LogP contribution in [0, 0.1) is 0 Å². The molecule has 0 atom stereocenters. The number of amides is 1. The Hall–Kier alpha value is -3.56. The molecule has 8 nitrogen and oxygen atoms in total. The van der Waals surface area contributed by atoms with E-state index in [-0.39, 0.29) is 25.0 Å². The maximum absolute atomic E-state index is 12.8. The lowest BCUT2D eigenvalue weighted by molar-refractivity contribution is -0.116. The Bertz CT molecular complexity index is 952. The molecule has 32 heavy (non-hydrogen) atoms. The van der Waals surface area contributed by atoms with Crippen molar-refractivity contribution in [2.24, 2.45) is 4.99 Å². The summed E-state index contributed by atoms with van der Waals surface area (Å²) in [6.45, 7) is -0.314. The summed E-state index contributed by atoms with van der Waals surface area (Å²) in [5.41, 5.74) is 2.19. The summed E-state index contributed by atoms with van der Waals surface area (Å²) in [5, 5.41) is 9.07. The SMILES string of the molecule is CCCC(=O)Nc1ccc(CNC(=NC)NCc2cc3c(cc2OC(F)F)OCO3)cc1. The number of hydrogen-bond acceptors (Lipinski definition) is 5. The van der Waals surface area contributed by atoms with Gasteiger partial charge in [0.2, 0.25) is 12.7 Å². The molecule has 10 heteroatoms. The summed E-state index contributed by atoms with van der Waals surface area (Å²) >= 11 is 0. The number of rotatable bonds is 9. The Kier molecular flexibility index (Phi) is 8.07. The molecule has 0 fully saturated rings. The highest BCUT2D eigenvalue weighted by molar-refractivity contribution is 5.90. The number of benzene rings is 2. The van der Waals surface area contributed by atoms with Crippen LogP contribution >= 0.6 is 0 Å². The Labute approximate surface area is 185 Å². The second-order valence-corrected chi connectivity index (χ2v) is 6.97. The number of carbonyl (C=O) groups excluding carboxylic acids is 1. The van der Waals surface area contributed by atoms with Crippen molar-refractivity contribution < 1.29 is 27.8 Å². The number of halogens is 2. The van der Waals surface area contributed by atoms with Crippen molar-refractivity contribution in [3.8, 4) is 17.2 Å². The number of alkyl halides is 2. The van der Waals surface area contributed by atoms with Crippen molar-refractivity contribution in [1.29, 1.82) is 0 Å². The van der Waals surface area contributed by atoms with Crippen LogP contribution in [0.4, 0.5) is 14.5 Å². The molecule has 1 heterocycles. The van der Waals surface area contributed by atoms with Gasteiger partial charge in [-0.05, 0) is 30.2 Å². The number of aliphatic imine (C=N–C) groups is 1. The van der Waals surface area contributed by atoms with Gasteiger partial charge in [0.1, 0.15) is 5.75 Å². The van der Waals surface area contributed by atoms with Gasteiger partial charge in [-0.3, -0.25) is 9.79 Å². The third-order valence-electron chi connectivity index (χ3n) is 4.62. The van der Waals surface area contributed by atoms with Crippen molar-refractivity contribution in [2.75, 3.05) is 19.2 Å². The standard InChI is InChI=1S/C22H26F2N4O4/c1-3-4-20(29)28-16-7-5-14(6-8-16)11-26-22(25-2)27-12-15-9-18-19(31-13-30-18)10-17(15)32-21(23)24/h5-10,21H,3-4,11-13H2,1-2H3,(H,28,29)(H2,25,26,27). The summed E-state index contributed by atoms with van der Waals surface area (Å²) in [4.78, 5) is 15.8. The molecule has 172 valence electrons. The number of guanidine groups is 1. The molecule has 0 spiro atoms. The summed E-state index contributed by atoms with van der Waals surface area (Å²) < 4.78 is 40.7. The maximum atomic E-state index is 12.8. The molecule has 0 saturated carbocycles. The zero-order valence-electron chi connectivity index (χ0n) is 17.9. The van der Waals surface area contributed by atoms with Crippen molar-refractivity contribution >= 4 is 17.6 Å². The van der Waals surface area contributed by atoms with Gasteiger partial charge in [-0.1, -0.05) is 19.1 Å². The summed E-state index contributed by atoms with van der Waals surface area (Å²) in [6.07, 6.45) is 1.28. The number of anilines is 1. The lowest BCUT2D eigenvalue weighted by Gasteiger charge is -2.15. The van der Waals surface area contributed by atoms with Crippen molar-refractivity contribution in [2.45, 2.75) is 39.5 Å². The topological polar surface area (TPSA) is 93.2 Å². The minimum absolute atomic E-state index is 0.00733. The molecule has 3 rings (SSSR count). The molecule has 0 bridgehead atoms. The van der Waals surface area contributed by atoms with E-state index in [1.54, 1.807) is 13.1 Å². The van der Waals surface area contributed by atoms with Gasteiger partial charge in [0.15, 0.2) is 17.5 Å². The fourth-order valence-corrected chi connectivity index (χ4v) is 3.05. The lowest BCUT2D eigenvalue weighted by Crippen LogP contribution is -2.36. The van der Waals surface area contributed by atoms with Crippen LogP contribution in [0.2, 0.25) is 0 Å². The fraction of sp³-hybridized carbons (Fsp3) is 0.364.